The van der Waals surface area contributed by atoms with Crippen molar-refractivity contribution in [3.63, 3.8) is 0 Å². The van der Waals surface area contributed by atoms with Crippen LogP contribution in [-0.2, 0) is 0 Å². The highest BCUT2D eigenvalue weighted by atomic mass is 16.1. The fraction of sp³-hybridized carbons (Fsp3) is 0.240. The van der Waals surface area contributed by atoms with Crippen LogP contribution in [0.3, 0.4) is 0 Å². The molecule has 0 aromatic heterocycles. The predicted molar refractivity (Wildman–Crippen MR) is 121 cm³/mol. The first kappa shape index (κ1) is 19.2. The van der Waals surface area contributed by atoms with Crippen LogP contribution in [0.1, 0.15) is 16.8 Å². The largest absolute Gasteiger partial charge is 0.370 e. The fourth-order valence-electron chi connectivity index (χ4n) is 3.80. The van der Waals surface area contributed by atoms with Gasteiger partial charge in [0.25, 0.3) is 5.91 Å². The number of hydrogen-bond donors (Lipinski definition) is 1. The van der Waals surface area contributed by atoms with E-state index in [2.05, 4.69) is 53.5 Å². The summed E-state index contributed by atoms with van der Waals surface area (Å²) in [5.41, 5.74) is 4.93. The van der Waals surface area contributed by atoms with E-state index in [1.54, 1.807) is 0 Å². The Balaban J connectivity index is 1.38. The molecule has 1 amide bonds. The maximum Gasteiger partial charge on any atom is 0.255 e. The van der Waals surface area contributed by atoms with Crippen LogP contribution in [0.2, 0.25) is 0 Å². The number of nitrogens with one attached hydrogen (secondary N) is 1. The molecule has 3 aromatic rings. The van der Waals surface area contributed by atoms with E-state index in [9.17, 15) is 4.79 Å². The van der Waals surface area contributed by atoms with Gasteiger partial charge in [0, 0.05) is 36.1 Å². The molecule has 1 aliphatic rings. The van der Waals surface area contributed by atoms with E-state index in [4.69, 9.17) is 0 Å². The van der Waals surface area contributed by atoms with Gasteiger partial charge in [-0.2, -0.15) is 0 Å². The molecule has 1 atom stereocenters. The third-order valence-corrected chi connectivity index (χ3v) is 5.64. The van der Waals surface area contributed by atoms with Crippen molar-refractivity contribution in [3.8, 4) is 11.1 Å². The minimum Gasteiger partial charge on any atom is -0.370 e. The minimum absolute atomic E-state index is 0.0915. The van der Waals surface area contributed by atoms with Gasteiger partial charge in [-0.25, -0.2) is 0 Å². The topological polar surface area (TPSA) is 35.6 Å². The number of nitrogens with zero attached hydrogens (tertiary/aromatic N) is 2. The van der Waals surface area contributed by atoms with E-state index >= 15 is 0 Å². The third-order valence-electron chi connectivity index (χ3n) is 5.64. The van der Waals surface area contributed by atoms with Gasteiger partial charge in [0.15, 0.2) is 0 Å². The average molecular weight is 386 g/mol. The summed E-state index contributed by atoms with van der Waals surface area (Å²) < 4.78 is 0. The maximum atomic E-state index is 12.6. The molecule has 4 heteroatoms. The Bertz CT molecular complexity index is 950. The number of amides is 1. The lowest BCUT2D eigenvalue weighted by molar-refractivity contribution is 0.102. The summed E-state index contributed by atoms with van der Waals surface area (Å²) in [4.78, 5) is 17.3. The monoisotopic (exact) mass is 385 g/mol. The van der Waals surface area contributed by atoms with Gasteiger partial charge < -0.3 is 15.1 Å². The Hall–Kier alpha value is -3.11. The number of rotatable bonds is 5. The SMILES string of the molecule is CN(C)C1CCN(c2ccc(NC(=O)c3ccc(-c4ccccc4)cc3)cc2)C1. The summed E-state index contributed by atoms with van der Waals surface area (Å²) in [6.45, 7) is 2.12. The van der Waals surface area contributed by atoms with Gasteiger partial charge in [0.2, 0.25) is 0 Å². The summed E-state index contributed by atoms with van der Waals surface area (Å²) in [7, 11) is 4.28. The molecule has 148 valence electrons. The highest BCUT2D eigenvalue weighted by molar-refractivity contribution is 6.04. The van der Waals surface area contributed by atoms with Crippen molar-refractivity contribution in [1.82, 2.24) is 4.90 Å². The van der Waals surface area contributed by atoms with Crippen molar-refractivity contribution in [2.24, 2.45) is 0 Å². The summed E-state index contributed by atoms with van der Waals surface area (Å²) in [5.74, 6) is -0.0915. The van der Waals surface area contributed by atoms with Crippen molar-refractivity contribution in [3.05, 3.63) is 84.4 Å². The van der Waals surface area contributed by atoms with Gasteiger partial charge in [-0.1, -0.05) is 42.5 Å². The molecule has 0 aliphatic carbocycles. The lowest BCUT2D eigenvalue weighted by Crippen LogP contribution is -2.31. The molecule has 4 nitrogen and oxygen atoms in total. The zero-order chi connectivity index (χ0) is 20.2. The molecular weight excluding hydrogens is 358 g/mol. The third kappa shape index (κ3) is 4.49. The molecular formula is C25H27N3O. The number of carbonyl (C=O) groups is 1. The molecule has 0 saturated carbocycles. The summed E-state index contributed by atoms with van der Waals surface area (Å²) in [5, 5.41) is 3.00. The minimum atomic E-state index is -0.0915. The molecule has 1 unspecified atom stereocenters. The first-order valence-corrected chi connectivity index (χ1v) is 10.1. The number of likely N-dealkylation sites (N-methyl/N-ethyl adjacent to an activating group) is 1. The van der Waals surface area contributed by atoms with E-state index in [1.165, 1.54) is 12.1 Å². The van der Waals surface area contributed by atoms with Crippen LogP contribution in [0.5, 0.6) is 0 Å². The van der Waals surface area contributed by atoms with Crippen molar-refractivity contribution < 1.29 is 4.79 Å². The first-order chi connectivity index (χ1) is 14.1. The highest BCUT2D eigenvalue weighted by Gasteiger charge is 2.23. The number of carbonyl (C=O) groups excluding carboxylic acids is 1. The second-order valence-electron chi connectivity index (χ2n) is 7.80. The van der Waals surface area contributed by atoms with Crippen molar-refractivity contribution in [2.75, 3.05) is 37.4 Å². The molecule has 0 radical (unpaired) electrons. The zero-order valence-corrected chi connectivity index (χ0v) is 17.0. The summed E-state index contributed by atoms with van der Waals surface area (Å²) >= 11 is 0. The van der Waals surface area contributed by atoms with Crippen LogP contribution < -0.4 is 10.2 Å². The van der Waals surface area contributed by atoms with Crippen LogP contribution in [-0.4, -0.2) is 44.0 Å². The van der Waals surface area contributed by atoms with Gasteiger partial charge in [-0.3, -0.25) is 4.79 Å². The van der Waals surface area contributed by atoms with Crippen molar-refractivity contribution in [2.45, 2.75) is 12.5 Å². The Morgan fingerprint density at radius 1 is 0.897 bits per heavy atom. The van der Waals surface area contributed by atoms with Crippen molar-refractivity contribution >= 4 is 17.3 Å². The van der Waals surface area contributed by atoms with Crippen LogP contribution >= 0.6 is 0 Å². The van der Waals surface area contributed by atoms with E-state index in [-0.39, 0.29) is 5.91 Å². The Morgan fingerprint density at radius 2 is 1.55 bits per heavy atom. The lowest BCUT2D eigenvalue weighted by atomic mass is 10.0. The zero-order valence-electron chi connectivity index (χ0n) is 17.0. The number of anilines is 2. The molecule has 0 spiro atoms. The van der Waals surface area contributed by atoms with Gasteiger partial charge in [-0.05, 0) is 68.0 Å². The molecule has 4 rings (SSSR count). The second kappa shape index (κ2) is 8.50. The van der Waals surface area contributed by atoms with E-state index in [1.807, 2.05) is 54.6 Å². The molecule has 1 fully saturated rings. The van der Waals surface area contributed by atoms with Gasteiger partial charge >= 0.3 is 0 Å². The van der Waals surface area contributed by atoms with E-state index in [0.717, 1.165) is 29.9 Å². The molecule has 1 N–H and O–H groups in total. The average Bonchev–Trinajstić information content (AvgIpc) is 3.26. The quantitative estimate of drug-likeness (QED) is 0.689. The summed E-state index contributed by atoms with van der Waals surface area (Å²) in [6.07, 6.45) is 1.18. The number of hydrogen-bond acceptors (Lipinski definition) is 3. The van der Waals surface area contributed by atoms with Crippen molar-refractivity contribution in [1.29, 1.82) is 0 Å². The smallest absolute Gasteiger partial charge is 0.255 e. The first-order valence-electron chi connectivity index (χ1n) is 10.1. The van der Waals surface area contributed by atoms with E-state index in [0.29, 0.717) is 11.6 Å². The molecule has 3 aromatic carbocycles. The Kier molecular flexibility index (Phi) is 5.63. The summed E-state index contributed by atoms with van der Waals surface area (Å²) in [6, 6.07) is 26.6. The van der Waals surface area contributed by atoms with Gasteiger partial charge in [-0.15, -0.1) is 0 Å². The fourth-order valence-corrected chi connectivity index (χ4v) is 3.80. The Morgan fingerprint density at radius 3 is 2.17 bits per heavy atom. The molecule has 29 heavy (non-hydrogen) atoms. The molecule has 0 bridgehead atoms. The predicted octanol–water partition coefficient (Wildman–Crippen LogP) is 4.75. The lowest BCUT2D eigenvalue weighted by Gasteiger charge is -2.22. The normalized spacial score (nSPS) is 16.2. The Labute approximate surface area is 172 Å². The van der Waals surface area contributed by atoms with Crippen LogP contribution in [0.25, 0.3) is 11.1 Å². The van der Waals surface area contributed by atoms with Crippen LogP contribution in [0.4, 0.5) is 11.4 Å². The van der Waals surface area contributed by atoms with Crippen LogP contribution in [0, 0.1) is 0 Å². The number of benzene rings is 3. The van der Waals surface area contributed by atoms with Gasteiger partial charge in [0.1, 0.15) is 0 Å². The molecule has 1 heterocycles. The highest BCUT2D eigenvalue weighted by Crippen LogP contribution is 2.24. The molecule has 1 aliphatic heterocycles. The maximum absolute atomic E-state index is 12.6. The van der Waals surface area contributed by atoms with E-state index < -0.39 is 0 Å². The standard InChI is InChI=1S/C25H27N3O/c1-27(2)24-16-17-28(18-24)23-14-12-22(13-15-23)26-25(29)21-10-8-20(9-11-21)19-6-4-3-5-7-19/h3-15,24H,16-18H2,1-2H3,(H,26,29). The molecule has 1 saturated heterocycles. The second-order valence-corrected chi connectivity index (χ2v) is 7.80. The van der Waals surface area contributed by atoms with Gasteiger partial charge in [0.05, 0.1) is 0 Å². The van der Waals surface area contributed by atoms with Crippen LogP contribution in [0.15, 0.2) is 78.9 Å².